The highest BCUT2D eigenvalue weighted by Gasteiger charge is 2.10. The van der Waals surface area contributed by atoms with Gasteiger partial charge in [-0.25, -0.2) is 0 Å². The van der Waals surface area contributed by atoms with Crippen LogP contribution in [0.25, 0.3) is 0 Å². The van der Waals surface area contributed by atoms with Crippen LogP contribution < -0.4 is 16.0 Å². The number of rotatable bonds is 6. The number of carbonyl (C=O) groups is 1. The summed E-state index contributed by atoms with van der Waals surface area (Å²) >= 11 is 0. The van der Waals surface area contributed by atoms with Crippen molar-refractivity contribution in [2.75, 3.05) is 13.7 Å². The molecule has 0 fully saturated rings. The maximum absolute atomic E-state index is 10.5. The molecule has 1 atom stereocenters. The van der Waals surface area contributed by atoms with E-state index in [1.165, 1.54) is 0 Å². The zero-order valence-corrected chi connectivity index (χ0v) is 9.40. The van der Waals surface area contributed by atoms with Crippen molar-refractivity contribution in [1.82, 2.24) is 5.48 Å². The average Bonchev–Trinajstić information content (AvgIpc) is 2.28. The molecule has 1 aromatic rings. The van der Waals surface area contributed by atoms with Crippen LogP contribution in [0.15, 0.2) is 24.3 Å². The van der Waals surface area contributed by atoms with Crippen molar-refractivity contribution in [2.45, 2.75) is 13.0 Å². The van der Waals surface area contributed by atoms with E-state index in [0.717, 1.165) is 11.3 Å². The Bertz CT molecular complexity index is 355. The molecule has 0 aliphatic rings. The van der Waals surface area contributed by atoms with Crippen molar-refractivity contribution in [2.24, 2.45) is 5.73 Å². The van der Waals surface area contributed by atoms with Gasteiger partial charge in [0.1, 0.15) is 12.4 Å². The molecular weight excluding hydrogens is 208 g/mol. The van der Waals surface area contributed by atoms with E-state index in [9.17, 15) is 4.79 Å². The predicted octanol–water partition coefficient (Wildman–Crippen LogP) is 0.763. The van der Waals surface area contributed by atoms with Crippen LogP contribution in [0.4, 0.5) is 0 Å². The minimum atomic E-state index is -0.514. The first-order chi connectivity index (χ1) is 7.65. The molecule has 0 aromatic heterocycles. The predicted molar refractivity (Wildman–Crippen MR) is 59.7 cm³/mol. The van der Waals surface area contributed by atoms with Gasteiger partial charge >= 0.3 is 0 Å². The summed E-state index contributed by atoms with van der Waals surface area (Å²) in [6.45, 7) is 1.75. The fourth-order valence-electron chi connectivity index (χ4n) is 1.33. The van der Waals surface area contributed by atoms with Crippen LogP contribution in [0.3, 0.4) is 0 Å². The second-order valence-corrected chi connectivity index (χ2v) is 3.34. The highest BCUT2D eigenvalue weighted by atomic mass is 16.6. The molecule has 3 N–H and O–H groups in total. The van der Waals surface area contributed by atoms with Gasteiger partial charge in [0.15, 0.2) is 0 Å². The second kappa shape index (κ2) is 6.09. The van der Waals surface area contributed by atoms with Crippen LogP contribution in [-0.4, -0.2) is 19.6 Å². The van der Waals surface area contributed by atoms with E-state index in [-0.39, 0.29) is 12.6 Å². The zero-order valence-electron chi connectivity index (χ0n) is 9.40. The highest BCUT2D eigenvalue weighted by molar-refractivity contribution is 5.74. The molecule has 0 aliphatic heterocycles. The number of primary amides is 1. The third-order valence-corrected chi connectivity index (χ3v) is 2.08. The Kier molecular flexibility index (Phi) is 4.75. The van der Waals surface area contributed by atoms with Crippen molar-refractivity contribution >= 4 is 5.91 Å². The van der Waals surface area contributed by atoms with Gasteiger partial charge in [-0.3, -0.25) is 9.63 Å². The van der Waals surface area contributed by atoms with Crippen molar-refractivity contribution in [1.29, 1.82) is 0 Å². The van der Waals surface area contributed by atoms with Crippen molar-refractivity contribution in [3.63, 3.8) is 0 Å². The van der Waals surface area contributed by atoms with Crippen LogP contribution in [0.1, 0.15) is 18.5 Å². The number of methoxy groups -OCH3 is 1. The quantitative estimate of drug-likeness (QED) is 0.700. The zero-order chi connectivity index (χ0) is 12.0. The Labute approximate surface area is 94.5 Å². The normalized spacial score (nSPS) is 12.1. The molecule has 0 saturated heterocycles. The van der Waals surface area contributed by atoms with E-state index < -0.39 is 5.91 Å². The Hall–Kier alpha value is -1.59. The maximum atomic E-state index is 10.5. The third-order valence-electron chi connectivity index (χ3n) is 2.08. The molecule has 0 heterocycles. The smallest absolute Gasteiger partial charge is 0.245 e. The number of nitrogens with two attached hydrogens (primary N) is 1. The first-order valence-corrected chi connectivity index (χ1v) is 4.93. The van der Waals surface area contributed by atoms with Gasteiger partial charge in [-0.05, 0) is 13.0 Å². The molecule has 0 bridgehead atoms. The third kappa shape index (κ3) is 3.52. The van der Waals surface area contributed by atoms with E-state index in [1.807, 2.05) is 31.2 Å². The number of carbonyl (C=O) groups excluding carboxylic acids is 1. The molecule has 16 heavy (non-hydrogen) atoms. The van der Waals surface area contributed by atoms with Gasteiger partial charge in [-0.1, -0.05) is 18.2 Å². The molecule has 5 heteroatoms. The lowest BCUT2D eigenvalue weighted by molar-refractivity contribution is -0.126. The van der Waals surface area contributed by atoms with E-state index in [4.69, 9.17) is 15.3 Å². The van der Waals surface area contributed by atoms with Crippen LogP contribution in [0, 0.1) is 0 Å². The molecule has 5 nitrogen and oxygen atoms in total. The number of benzene rings is 1. The molecule has 0 saturated carbocycles. The standard InChI is InChI=1S/C11H16N2O3/c1-8(13-16-7-11(12)14)9-5-3-4-6-10(9)15-2/h3-6,8,13H,7H2,1-2H3,(H2,12,14). The minimum absolute atomic E-state index is 0.0875. The van der Waals surface area contributed by atoms with Gasteiger partial charge in [0.2, 0.25) is 5.91 Å². The van der Waals surface area contributed by atoms with Crippen LogP contribution in [0.5, 0.6) is 5.75 Å². The number of amides is 1. The molecule has 1 unspecified atom stereocenters. The summed E-state index contributed by atoms with van der Waals surface area (Å²) in [5, 5.41) is 0. The Balaban J connectivity index is 2.58. The molecular formula is C11H16N2O3. The largest absolute Gasteiger partial charge is 0.496 e. The van der Waals surface area contributed by atoms with Crippen LogP contribution in [0.2, 0.25) is 0 Å². The Morgan fingerprint density at radius 1 is 1.50 bits per heavy atom. The average molecular weight is 224 g/mol. The van der Waals surface area contributed by atoms with E-state index in [0.29, 0.717) is 0 Å². The lowest BCUT2D eigenvalue weighted by Gasteiger charge is -2.16. The second-order valence-electron chi connectivity index (χ2n) is 3.34. The SMILES string of the molecule is COc1ccccc1C(C)NOCC(N)=O. The number of ether oxygens (including phenoxy) is 1. The van der Waals surface area contributed by atoms with E-state index >= 15 is 0 Å². The summed E-state index contributed by atoms with van der Waals surface area (Å²) < 4.78 is 5.21. The number of hydrogen-bond donors (Lipinski definition) is 2. The molecule has 1 aromatic carbocycles. The summed E-state index contributed by atoms with van der Waals surface area (Å²) in [4.78, 5) is 15.4. The Morgan fingerprint density at radius 3 is 2.81 bits per heavy atom. The fraction of sp³-hybridized carbons (Fsp3) is 0.364. The van der Waals surface area contributed by atoms with Crippen molar-refractivity contribution in [3.05, 3.63) is 29.8 Å². The monoisotopic (exact) mass is 224 g/mol. The number of nitrogens with one attached hydrogen (secondary N) is 1. The summed E-state index contributed by atoms with van der Waals surface area (Å²) in [5.74, 6) is 0.255. The molecule has 0 aliphatic carbocycles. The summed E-state index contributed by atoms with van der Waals surface area (Å²) in [6, 6.07) is 7.49. The fourth-order valence-corrected chi connectivity index (χ4v) is 1.33. The van der Waals surface area contributed by atoms with Gasteiger partial charge in [-0.2, -0.15) is 5.48 Å². The topological polar surface area (TPSA) is 73.6 Å². The lowest BCUT2D eigenvalue weighted by Crippen LogP contribution is -2.26. The highest BCUT2D eigenvalue weighted by Crippen LogP contribution is 2.23. The van der Waals surface area contributed by atoms with Gasteiger partial charge in [0.05, 0.1) is 13.2 Å². The van der Waals surface area contributed by atoms with Crippen molar-refractivity contribution in [3.8, 4) is 5.75 Å². The molecule has 0 radical (unpaired) electrons. The number of para-hydroxylation sites is 1. The molecule has 0 spiro atoms. The van der Waals surface area contributed by atoms with Crippen molar-refractivity contribution < 1.29 is 14.4 Å². The summed E-state index contributed by atoms with van der Waals surface area (Å²) in [6.07, 6.45) is 0. The van der Waals surface area contributed by atoms with Crippen LogP contribution in [-0.2, 0) is 9.63 Å². The first-order valence-electron chi connectivity index (χ1n) is 4.93. The van der Waals surface area contributed by atoms with Gasteiger partial charge in [0.25, 0.3) is 0 Å². The molecule has 1 amide bonds. The van der Waals surface area contributed by atoms with E-state index in [2.05, 4.69) is 5.48 Å². The van der Waals surface area contributed by atoms with Gasteiger partial charge < -0.3 is 10.5 Å². The van der Waals surface area contributed by atoms with Gasteiger partial charge in [0, 0.05) is 5.56 Å². The molecule has 1 rings (SSSR count). The summed E-state index contributed by atoms with van der Waals surface area (Å²) in [5.41, 5.74) is 8.62. The lowest BCUT2D eigenvalue weighted by atomic mass is 10.1. The number of hydroxylamine groups is 1. The van der Waals surface area contributed by atoms with E-state index in [1.54, 1.807) is 7.11 Å². The molecule has 88 valence electrons. The summed E-state index contributed by atoms with van der Waals surface area (Å²) in [7, 11) is 1.61. The minimum Gasteiger partial charge on any atom is -0.496 e. The maximum Gasteiger partial charge on any atom is 0.245 e. The van der Waals surface area contributed by atoms with Gasteiger partial charge in [-0.15, -0.1) is 0 Å². The first kappa shape index (κ1) is 12.5. The Morgan fingerprint density at radius 2 is 2.19 bits per heavy atom. The van der Waals surface area contributed by atoms with Crippen LogP contribution >= 0.6 is 0 Å². The number of hydrogen-bond acceptors (Lipinski definition) is 4.